The number of allylic oxidation sites excluding steroid dienone is 1. The zero-order valence-electron chi connectivity index (χ0n) is 15.1. The lowest BCUT2D eigenvalue weighted by Gasteiger charge is -2.10. The Labute approximate surface area is 143 Å². The highest BCUT2D eigenvalue weighted by molar-refractivity contribution is 5.79. The molecule has 0 bridgehead atoms. The molecule has 0 rings (SSSR count). The van der Waals surface area contributed by atoms with Crippen LogP contribution in [0.25, 0.3) is 0 Å². The van der Waals surface area contributed by atoms with Crippen molar-refractivity contribution in [2.24, 2.45) is 0 Å². The fourth-order valence-corrected chi connectivity index (χ4v) is 2.84. The van der Waals surface area contributed by atoms with Crippen LogP contribution in [-0.2, 0) is 4.79 Å². The van der Waals surface area contributed by atoms with Gasteiger partial charge >= 0.3 is 5.97 Å². The van der Waals surface area contributed by atoms with E-state index in [2.05, 4.69) is 6.92 Å². The van der Waals surface area contributed by atoms with E-state index >= 15 is 0 Å². The van der Waals surface area contributed by atoms with Gasteiger partial charge in [0.2, 0.25) is 0 Å². The van der Waals surface area contributed by atoms with Crippen molar-refractivity contribution in [1.29, 1.82) is 0 Å². The fraction of sp³-hybridized carbons (Fsp3) is 0.850. The van der Waals surface area contributed by atoms with Crippen LogP contribution in [0.5, 0.6) is 0 Å². The summed E-state index contributed by atoms with van der Waals surface area (Å²) in [6.07, 6.45) is 20.5. The van der Waals surface area contributed by atoms with E-state index in [-0.39, 0.29) is 6.10 Å². The van der Waals surface area contributed by atoms with Crippen molar-refractivity contribution in [1.82, 2.24) is 0 Å². The quantitative estimate of drug-likeness (QED) is 0.260. The van der Waals surface area contributed by atoms with Gasteiger partial charge in [0.1, 0.15) is 0 Å². The average molecular weight is 327 g/mol. The summed E-state index contributed by atoms with van der Waals surface area (Å²) in [5.74, 6) is -0.851. The summed E-state index contributed by atoms with van der Waals surface area (Å²) in [4.78, 5) is 10.3. The maximum atomic E-state index is 10.3. The SMILES string of the molecule is CCCCCCC(O)CCCCCCCCCCC=CC(=O)O. The number of rotatable bonds is 17. The first-order valence-electron chi connectivity index (χ1n) is 9.74. The molecule has 1 unspecified atom stereocenters. The van der Waals surface area contributed by atoms with Crippen LogP contribution >= 0.6 is 0 Å². The first-order chi connectivity index (χ1) is 11.2. The van der Waals surface area contributed by atoms with Crippen LogP contribution < -0.4 is 0 Å². The highest BCUT2D eigenvalue weighted by Crippen LogP contribution is 2.14. The molecule has 3 nitrogen and oxygen atoms in total. The standard InChI is InChI=1S/C20H38O3/c1-2-3-4-13-16-19(21)17-14-11-9-7-5-6-8-10-12-15-18-20(22)23/h15,18-19,21H,2-14,16-17H2,1H3,(H,22,23). The van der Waals surface area contributed by atoms with Gasteiger partial charge in [0, 0.05) is 6.08 Å². The van der Waals surface area contributed by atoms with Gasteiger partial charge in [-0.15, -0.1) is 0 Å². The molecule has 23 heavy (non-hydrogen) atoms. The van der Waals surface area contributed by atoms with Crippen molar-refractivity contribution in [3.05, 3.63) is 12.2 Å². The van der Waals surface area contributed by atoms with Gasteiger partial charge in [-0.2, -0.15) is 0 Å². The summed E-state index contributed by atoms with van der Waals surface area (Å²) in [5.41, 5.74) is 0. The minimum atomic E-state index is -0.851. The molecular formula is C20H38O3. The minimum Gasteiger partial charge on any atom is -0.478 e. The van der Waals surface area contributed by atoms with Gasteiger partial charge in [-0.3, -0.25) is 0 Å². The van der Waals surface area contributed by atoms with Crippen molar-refractivity contribution < 1.29 is 15.0 Å². The highest BCUT2D eigenvalue weighted by Gasteiger charge is 2.03. The highest BCUT2D eigenvalue weighted by atomic mass is 16.4. The Bertz CT molecular complexity index is 287. The van der Waals surface area contributed by atoms with Crippen molar-refractivity contribution in [2.75, 3.05) is 0 Å². The third-order valence-corrected chi connectivity index (χ3v) is 4.31. The third kappa shape index (κ3) is 19.1. The van der Waals surface area contributed by atoms with Crippen LogP contribution in [-0.4, -0.2) is 22.3 Å². The Morgan fingerprint density at radius 1 is 0.826 bits per heavy atom. The molecule has 3 heteroatoms. The van der Waals surface area contributed by atoms with Crippen LogP contribution in [0.15, 0.2) is 12.2 Å². The molecule has 0 radical (unpaired) electrons. The fourth-order valence-electron chi connectivity index (χ4n) is 2.84. The molecule has 0 saturated heterocycles. The smallest absolute Gasteiger partial charge is 0.327 e. The zero-order chi connectivity index (χ0) is 17.2. The zero-order valence-corrected chi connectivity index (χ0v) is 15.1. The van der Waals surface area contributed by atoms with Crippen LogP contribution in [0.3, 0.4) is 0 Å². The van der Waals surface area contributed by atoms with Crippen molar-refractivity contribution in [3.63, 3.8) is 0 Å². The molecule has 0 aliphatic heterocycles. The molecule has 0 spiro atoms. The molecule has 0 aromatic rings. The lowest BCUT2D eigenvalue weighted by molar-refractivity contribution is -0.131. The number of aliphatic hydroxyl groups excluding tert-OH is 1. The molecule has 0 aromatic carbocycles. The van der Waals surface area contributed by atoms with Gasteiger partial charge < -0.3 is 10.2 Å². The number of carbonyl (C=O) groups is 1. The first-order valence-corrected chi connectivity index (χ1v) is 9.74. The summed E-state index contributed by atoms with van der Waals surface area (Å²) in [5, 5.41) is 18.3. The van der Waals surface area contributed by atoms with Crippen molar-refractivity contribution >= 4 is 5.97 Å². The maximum absolute atomic E-state index is 10.3. The van der Waals surface area contributed by atoms with E-state index in [1.807, 2.05) is 0 Å². The Morgan fingerprint density at radius 3 is 1.83 bits per heavy atom. The van der Waals surface area contributed by atoms with E-state index in [9.17, 15) is 9.90 Å². The van der Waals surface area contributed by atoms with E-state index < -0.39 is 5.97 Å². The number of aliphatic hydroxyl groups is 1. The topological polar surface area (TPSA) is 57.5 Å². The molecule has 136 valence electrons. The van der Waals surface area contributed by atoms with Crippen LogP contribution in [0.4, 0.5) is 0 Å². The van der Waals surface area contributed by atoms with Gasteiger partial charge in [0.25, 0.3) is 0 Å². The van der Waals surface area contributed by atoms with Gasteiger partial charge in [0.15, 0.2) is 0 Å². The van der Waals surface area contributed by atoms with Crippen molar-refractivity contribution in [2.45, 2.75) is 109 Å². The Kier molecular flexibility index (Phi) is 16.9. The summed E-state index contributed by atoms with van der Waals surface area (Å²) < 4.78 is 0. The predicted molar refractivity (Wildman–Crippen MR) is 97.7 cm³/mol. The van der Waals surface area contributed by atoms with Gasteiger partial charge in [-0.25, -0.2) is 4.79 Å². The second kappa shape index (κ2) is 17.5. The Balaban J connectivity index is 3.16. The lowest BCUT2D eigenvalue weighted by atomic mass is 10.0. The average Bonchev–Trinajstić information content (AvgIpc) is 2.52. The maximum Gasteiger partial charge on any atom is 0.327 e. The summed E-state index contributed by atoms with van der Waals surface area (Å²) in [6, 6.07) is 0. The van der Waals surface area contributed by atoms with Crippen LogP contribution in [0, 0.1) is 0 Å². The first kappa shape index (κ1) is 22.2. The van der Waals surface area contributed by atoms with E-state index in [1.165, 1.54) is 70.3 Å². The van der Waals surface area contributed by atoms with Crippen molar-refractivity contribution in [3.8, 4) is 0 Å². The monoisotopic (exact) mass is 326 g/mol. The molecule has 1 atom stereocenters. The number of hydrogen-bond acceptors (Lipinski definition) is 2. The summed E-state index contributed by atoms with van der Waals surface area (Å²) in [6.45, 7) is 2.22. The lowest BCUT2D eigenvalue weighted by Crippen LogP contribution is -2.05. The minimum absolute atomic E-state index is 0.0780. The number of unbranched alkanes of at least 4 members (excludes halogenated alkanes) is 11. The number of carboxylic acids is 1. The van der Waals surface area contributed by atoms with E-state index in [0.717, 1.165) is 32.1 Å². The predicted octanol–water partition coefficient (Wildman–Crippen LogP) is 5.86. The molecule has 0 saturated carbocycles. The van der Waals surface area contributed by atoms with Gasteiger partial charge in [-0.1, -0.05) is 83.6 Å². The van der Waals surface area contributed by atoms with E-state index in [4.69, 9.17) is 5.11 Å². The molecule has 0 aliphatic rings. The number of carboxylic acid groups (broad SMARTS) is 1. The second-order valence-corrected chi connectivity index (χ2v) is 6.65. The molecule has 0 aliphatic carbocycles. The Hall–Kier alpha value is -0.830. The second-order valence-electron chi connectivity index (χ2n) is 6.65. The molecular weight excluding hydrogens is 288 g/mol. The normalized spacial score (nSPS) is 12.8. The molecule has 0 amide bonds. The number of aliphatic carboxylic acids is 1. The van der Waals surface area contributed by atoms with Crippen LogP contribution in [0.1, 0.15) is 103 Å². The van der Waals surface area contributed by atoms with Gasteiger partial charge in [0.05, 0.1) is 6.10 Å². The molecule has 0 fully saturated rings. The summed E-state index contributed by atoms with van der Waals surface area (Å²) in [7, 11) is 0. The number of hydrogen-bond donors (Lipinski definition) is 2. The van der Waals surface area contributed by atoms with Gasteiger partial charge in [-0.05, 0) is 25.7 Å². The largest absolute Gasteiger partial charge is 0.478 e. The van der Waals surface area contributed by atoms with E-state index in [0.29, 0.717) is 0 Å². The molecule has 0 aromatic heterocycles. The molecule has 2 N–H and O–H groups in total. The summed E-state index contributed by atoms with van der Waals surface area (Å²) >= 11 is 0. The molecule has 0 heterocycles. The van der Waals surface area contributed by atoms with Crippen LogP contribution in [0.2, 0.25) is 0 Å². The third-order valence-electron chi connectivity index (χ3n) is 4.31. The Morgan fingerprint density at radius 2 is 1.30 bits per heavy atom. The van der Waals surface area contributed by atoms with E-state index in [1.54, 1.807) is 6.08 Å².